The van der Waals surface area contributed by atoms with Crippen molar-refractivity contribution in [2.45, 2.75) is 25.3 Å². The van der Waals surface area contributed by atoms with Crippen LogP contribution in [0.3, 0.4) is 0 Å². The second-order valence-electron chi connectivity index (χ2n) is 2.79. The van der Waals surface area contributed by atoms with Crippen LogP contribution in [-0.4, -0.2) is 41.0 Å². The lowest BCUT2D eigenvalue weighted by Crippen LogP contribution is -2.42. The first-order chi connectivity index (χ1) is 4.88. The van der Waals surface area contributed by atoms with Crippen LogP contribution in [0.2, 0.25) is 0 Å². The molecule has 3 heteroatoms. The summed E-state index contributed by atoms with van der Waals surface area (Å²) in [5.74, 6) is 0. The number of rotatable bonds is 2. The summed E-state index contributed by atoms with van der Waals surface area (Å²) in [6.45, 7) is 1.20. The monoisotopic (exact) mass is 145 g/mol. The SMILES string of the molecule is OCC1CCCCN1CO. The van der Waals surface area contributed by atoms with Crippen LogP contribution in [0.25, 0.3) is 0 Å². The van der Waals surface area contributed by atoms with Gasteiger partial charge in [0.2, 0.25) is 0 Å². The van der Waals surface area contributed by atoms with Crippen LogP contribution in [0.5, 0.6) is 0 Å². The van der Waals surface area contributed by atoms with Gasteiger partial charge in [0.15, 0.2) is 0 Å². The van der Waals surface area contributed by atoms with E-state index in [4.69, 9.17) is 10.2 Å². The number of likely N-dealkylation sites (tertiary alicyclic amines) is 1. The third-order valence-electron chi connectivity index (χ3n) is 2.14. The van der Waals surface area contributed by atoms with Crippen molar-refractivity contribution in [1.29, 1.82) is 0 Å². The van der Waals surface area contributed by atoms with Crippen molar-refractivity contribution >= 4 is 0 Å². The summed E-state index contributed by atoms with van der Waals surface area (Å²) in [5.41, 5.74) is 0. The minimum Gasteiger partial charge on any atom is -0.395 e. The Kier molecular flexibility index (Phi) is 3.12. The first-order valence-electron chi connectivity index (χ1n) is 3.84. The van der Waals surface area contributed by atoms with Crippen LogP contribution in [0.15, 0.2) is 0 Å². The molecule has 1 rings (SSSR count). The Balaban J connectivity index is 2.34. The lowest BCUT2D eigenvalue weighted by Gasteiger charge is -2.32. The van der Waals surface area contributed by atoms with Gasteiger partial charge in [-0.15, -0.1) is 0 Å². The molecule has 10 heavy (non-hydrogen) atoms. The van der Waals surface area contributed by atoms with E-state index in [9.17, 15) is 0 Å². The fraction of sp³-hybridized carbons (Fsp3) is 1.00. The zero-order valence-corrected chi connectivity index (χ0v) is 6.16. The molecule has 1 unspecified atom stereocenters. The minimum atomic E-state index is 0.0885. The van der Waals surface area contributed by atoms with Crippen molar-refractivity contribution in [2.24, 2.45) is 0 Å². The van der Waals surface area contributed by atoms with Crippen molar-refractivity contribution in [3.8, 4) is 0 Å². The molecule has 1 heterocycles. The van der Waals surface area contributed by atoms with E-state index in [0.717, 1.165) is 19.4 Å². The molecule has 0 bridgehead atoms. The van der Waals surface area contributed by atoms with E-state index < -0.39 is 0 Å². The summed E-state index contributed by atoms with van der Waals surface area (Å²) in [6, 6.07) is 0.207. The number of piperidine rings is 1. The molecule has 0 aromatic rings. The second kappa shape index (κ2) is 3.91. The molecular weight excluding hydrogens is 130 g/mol. The molecule has 0 aromatic carbocycles. The van der Waals surface area contributed by atoms with Crippen LogP contribution in [0.1, 0.15) is 19.3 Å². The summed E-state index contributed by atoms with van der Waals surface area (Å²) >= 11 is 0. The van der Waals surface area contributed by atoms with Gasteiger partial charge in [0, 0.05) is 12.6 Å². The number of aliphatic hydroxyl groups excluding tert-OH is 2. The first kappa shape index (κ1) is 7.98. The second-order valence-corrected chi connectivity index (χ2v) is 2.79. The maximum atomic E-state index is 8.84. The van der Waals surface area contributed by atoms with E-state index in [2.05, 4.69) is 0 Å². The fourth-order valence-electron chi connectivity index (χ4n) is 1.45. The molecule has 0 amide bonds. The van der Waals surface area contributed by atoms with Gasteiger partial charge in [-0.1, -0.05) is 6.42 Å². The minimum absolute atomic E-state index is 0.0885. The Bertz CT molecular complexity index is 85.6. The van der Waals surface area contributed by atoms with E-state index in [1.165, 1.54) is 6.42 Å². The van der Waals surface area contributed by atoms with Gasteiger partial charge in [0.1, 0.15) is 0 Å². The Morgan fingerprint density at radius 1 is 1.30 bits per heavy atom. The summed E-state index contributed by atoms with van der Waals surface area (Å²) in [7, 11) is 0. The van der Waals surface area contributed by atoms with Gasteiger partial charge in [0.25, 0.3) is 0 Å². The van der Waals surface area contributed by atoms with Gasteiger partial charge < -0.3 is 10.2 Å². The van der Waals surface area contributed by atoms with Crippen molar-refractivity contribution in [1.82, 2.24) is 4.90 Å². The van der Waals surface area contributed by atoms with Crippen LogP contribution in [0, 0.1) is 0 Å². The largest absolute Gasteiger partial charge is 0.395 e. The van der Waals surface area contributed by atoms with Crippen molar-refractivity contribution in [3.05, 3.63) is 0 Å². The molecule has 1 fully saturated rings. The molecule has 3 nitrogen and oxygen atoms in total. The molecule has 2 N–H and O–H groups in total. The zero-order valence-electron chi connectivity index (χ0n) is 6.16. The van der Waals surface area contributed by atoms with E-state index in [0.29, 0.717) is 0 Å². The molecule has 0 saturated carbocycles. The van der Waals surface area contributed by atoms with Gasteiger partial charge in [-0.3, -0.25) is 4.90 Å². The molecule has 0 radical (unpaired) electrons. The van der Waals surface area contributed by atoms with E-state index >= 15 is 0 Å². The highest BCUT2D eigenvalue weighted by molar-refractivity contribution is 4.73. The van der Waals surface area contributed by atoms with Crippen LogP contribution >= 0.6 is 0 Å². The summed E-state index contributed by atoms with van der Waals surface area (Å²) < 4.78 is 0. The topological polar surface area (TPSA) is 43.7 Å². The highest BCUT2D eigenvalue weighted by atomic mass is 16.3. The fourth-order valence-corrected chi connectivity index (χ4v) is 1.45. The average molecular weight is 145 g/mol. The van der Waals surface area contributed by atoms with Crippen LogP contribution in [0.4, 0.5) is 0 Å². The molecule has 0 spiro atoms. The number of aliphatic hydroxyl groups is 2. The predicted molar refractivity (Wildman–Crippen MR) is 38.5 cm³/mol. The first-order valence-corrected chi connectivity index (χ1v) is 3.84. The summed E-state index contributed by atoms with van der Waals surface area (Å²) in [6.07, 6.45) is 3.36. The predicted octanol–water partition coefficient (Wildman–Crippen LogP) is -0.217. The lowest BCUT2D eigenvalue weighted by molar-refractivity contribution is 0.0185. The molecule has 1 atom stereocenters. The quantitative estimate of drug-likeness (QED) is 0.564. The Morgan fingerprint density at radius 3 is 2.60 bits per heavy atom. The van der Waals surface area contributed by atoms with E-state index in [-0.39, 0.29) is 19.4 Å². The van der Waals surface area contributed by atoms with E-state index in [1.807, 2.05) is 4.90 Å². The standard InChI is InChI=1S/C7H15NO2/c9-5-7-3-1-2-4-8(7)6-10/h7,9-10H,1-6H2. The molecule has 1 saturated heterocycles. The molecular formula is C7H15NO2. The normalized spacial score (nSPS) is 28.8. The zero-order chi connectivity index (χ0) is 7.40. The van der Waals surface area contributed by atoms with Gasteiger partial charge in [-0.2, -0.15) is 0 Å². The Labute approximate surface area is 61.3 Å². The van der Waals surface area contributed by atoms with Gasteiger partial charge in [-0.05, 0) is 12.8 Å². The maximum absolute atomic E-state index is 8.84. The molecule has 1 aliphatic rings. The summed E-state index contributed by atoms with van der Waals surface area (Å²) in [4.78, 5) is 1.92. The van der Waals surface area contributed by atoms with Gasteiger partial charge >= 0.3 is 0 Å². The average Bonchev–Trinajstić information content (AvgIpc) is 2.04. The summed E-state index contributed by atoms with van der Waals surface area (Å²) in [5, 5.41) is 17.6. The molecule has 1 aliphatic heterocycles. The lowest BCUT2D eigenvalue weighted by atomic mass is 10.0. The number of nitrogens with zero attached hydrogens (tertiary/aromatic N) is 1. The van der Waals surface area contributed by atoms with Crippen molar-refractivity contribution in [2.75, 3.05) is 19.9 Å². The third-order valence-corrected chi connectivity index (χ3v) is 2.14. The van der Waals surface area contributed by atoms with Crippen molar-refractivity contribution < 1.29 is 10.2 Å². The highest BCUT2D eigenvalue weighted by Crippen LogP contribution is 2.14. The smallest absolute Gasteiger partial charge is 0.0959 e. The van der Waals surface area contributed by atoms with Crippen LogP contribution in [-0.2, 0) is 0 Å². The number of hydrogen-bond donors (Lipinski definition) is 2. The molecule has 0 aliphatic carbocycles. The Morgan fingerprint density at radius 2 is 2.10 bits per heavy atom. The molecule has 60 valence electrons. The van der Waals surface area contributed by atoms with Crippen molar-refractivity contribution in [3.63, 3.8) is 0 Å². The van der Waals surface area contributed by atoms with E-state index in [1.54, 1.807) is 0 Å². The maximum Gasteiger partial charge on any atom is 0.0959 e. The van der Waals surface area contributed by atoms with Gasteiger partial charge in [0.05, 0.1) is 13.3 Å². The Hall–Kier alpha value is -0.120. The number of hydrogen-bond acceptors (Lipinski definition) is 3. The third kappa shape index (κ3) is 1.68. The van der Waals surface area contributed by atoms with Gasteiger partial charge in [-0.25, -0.2) is 0 Å². The molecule has 0 aromatic heterocycles. The van der Waals surface area contributed by atoms with Crippen LogP contribution < -0.4 is 0 Å². The highest BCUT2D eigenvalue weighted by Gasteiger charge is 2.19.